The van der Waals surface area contributed by atoms with E-state index in [1.807, 2.05) is 0 Å². The van der Waals surface area contributed by atoms with E-state index in [2.05, 4.69) is 5.32 Å². The maximum Gasteiger partial charge on any atom is 0.342 e. The summed E-state index contributed by atoms with van der Waals surface area (Å²) < 4.78 is 10.2. The van der Waals surface area contributed by atoms with Crippen molar-refractivity contribution >= 4 is 29.2 Å². The highest BCUT2D eigenvalue weighted by Gasteiger charge is 2.21. The van der Waals surface area contributed by atoms with E-state index in [9.17, 15) is 14.7 Å². The summed E-state index contributed by atoms with van der Waals surface area (Å²) in [6, 6.07) is 10.8. The number of phenols is 1. The molecule has 0 saturated heterocycles. The maximum absolute atomic E-state index is 12.2. The number of ether oxygens (including phenoxy) is 2. The minimum atomic E-state index is -1.07. The van der Waals surface area contributed by atoms with Gasteiger partial charge >= 0.3 is 5.97 Å². The molecule has 0 bridgehead atoms. The zero-order valence-electron chi connectivity index (χ0n) is 13.1. The Morgan fingerprint density at radius 2 is 1.92 bits per heavy atom. The van der Waals surface area contributed by atoms with Crippen LogP contribution in [0.3, 0.4) is 0 Å². The van der Waals surface area contributed by atoms with Gasteiger partial charge in [-0.3, -0.25) is 4.79 Å². The third-order valence-electron chi connectivity index (χ3n) is 3.20. The van der Waals surface area contributed by atoms with Crippen molar-refractivity contribution in [1.29, 1.82) is 0 Å². The van der Waals surface area contributed by atoms with Gasteiger partial charge in [0.05, 0.1) is 12.8 Å². The number of carbonyl (C=O) groups is 2. The fourth-order valence-electron chi connectivity index (χ4n) is 1.94. The Labute approximate surface area is 144 Å². The van der Waals surface area contributed by atoms with Crippen LogP contribution in [0.2, 0.25) is 5.02 Å². The Hall–Kier alpha value is -2.73. The fourth-order valence-corrected chi connectivity index (χ4v) is 2.10. The summed E-state index contributed by atoms with van der Waals surface area (Å²) >= 11 is 5.71. The molecule has 1 atom stereocenters. The van der Waals surface area contributed by atoms with Crippen LogP contribution in [0.15, 0.2) is 42.5 Å². The second kappa shape index (κ2) is 7.70. The van der Waals surface area contributed by atoms with E-state index in [1.54, 1.807) is 24.3 Å². The molecule has 0 radical (unpaired) electrons. The van der Waals surface area contributed by atoms with Crippen molar-refractivity contribution in [2.45, 2.75) is 13.0 Å². The van der Waals surface area contributed by atoms with Crippen LogP contribution < -0.4 is 10.1 Å². The number of hydrogen-bond acceptors (Lipinski definition) is 5. The third kappa shape index (κ3) is 4.17. The number of amides is 1. The highest BCUT2D eigenvalue weighted by molar-refractivity contribution is 6.30. The molecule has 0 saturated carbocycles. The van der Waals surface area contributed by atoms with Crippen molar-refractivity contribution in [1.82, 2.24) is 0 Å². The normalized spacial score (nSPS) is 11.5. The molecule has 6 nitrogen and oxygen atoms in total. The van der Waals surface area contributed by atoms with Crippen molar-refractivity contribution in [2.24, 2.45) is 0 Å². The molecule has 0 heterocycles. The lowest BCUT2D eigenvalue weighted by Gasteiger charge is -2.15. The Morgan fingerprint density at radius 1 is 1.21 bits per heavy atom. The van der Waals surface area contributed by atoms with Gasteiger partial charge in [0.15, 0.2) is 6.10 Å². The number of rotatable bonds is 5. The highest BCUT2D eigenvalue weighted by atomic mass is 35.5. The number of nitrogens with one attached hydrogen (secondary N) is 1. The van der Waals surface area contributed by atoms with Gasteiger partial charge in [-0.2, -0.15) is 0 Å². The molecule has 2 aromatic rings. The topological polar surface area (TPSA) is 84.9 Å². The van der Waals surface area contributed by atoms with Crippen molar-refractivity contribution in [3.8, 4) is 11.5 Å². The first-order valence-electron chi connectivity index (χ1n) is 7.05. The molecular formula is C17H16ClNO5. The zero-order chi connectivity index (χ0) is 17.7. The molecule has 0 aliphatic heterocycles. The smallest absolute Gasteiger partial charge is 0.342 e. The minimum Gasteiger partial charge on any atom is -0.507 e. The van der Waals surface area contributed by atoms with Crippen molar-refractivity contribution in [3.05, 3.63) is 53.1 Å². The molecule has 2 N–H and O–H groups in total. The van der Waals surface area contributed by atoms with Gasteiger partial charge in [0.2, 0.25) is 0 Å². The minimum absolute atomic E-state index is 0.0728. The standard InChI is InChI=1S/C17H16ClNO5/c1-10(16(21)19-13-5-3-4-6-15(13)23-2)24-17(22)12-8-7-11(18)9-14(12)20/h3-10,20H,1-2H3,(H,19,21)/t10-/m0/s1. The predicted molar refractivity (Wildman–Crippen MR) is 89.6 cm³/mol. The van der Waals surface area contributed by atoms with Gasteiger partial charge in [-0.25, -0.2) is 4.79 Å². The molecule has 0 aliphatic rings. The van der Waals surface area contributed by atoms with E-state index < -0.39 is 18.0 Å². The monoisotopic (exact) mass is 349 g/mol. The number of hydrogen-bond donors (Lipinski definition) is 2. The lowest BCUT2D eigenvalue weighted by atomic mass is 10.2. The third-order valence-corrected chi connectivity index (χ3v) is 3.43. The second-order valence-electron chi connectivity index (χ2n) is 4.90. The SMILES string of the molecule is COc1ccccc1NC(=O)[C@H](C)OC(=O)c1ccc(Cl)cc1O. The molecule has 7 heteroatoms. The summed E-state index contributed by atoms with van der Waals surface area (Å²) in [5, 5.41) is 12.6. The maximum atomic E-state index is 12.2. The number of halogens is 1. The predicted octanol–water partition coefficient (Wildman–Crippen LogP) is 3.24. The van der Waals surface area contributed by atoms with Crippen LogP contribution >= 0.6 is 11.6 Å². The fraction of sp³-hybridized carbons (Fsp3) is 0.176. The van der Waals surface area contributed by atoms with E-state index in [-0.39, 0.29) is 16.3 Å². The van der Waals surface area contributed by atoms with E-state index in [1.165, 1.54) is 32.2 Å². The molecular weight excluding hydrogens is 334 g/mol. The molecule has 0 aromatic heterocycles. The van der Waals surface area contributed by atoms with Crippen LogP contribution in [0.1, 0.15) is 17.3 Å². The van der Waals surface area contributed by atoms with Crippen LogP contribution in [0, 0.1) is 0 Å². The van der Waals surface area contributed by atoms with Gasteiger partial charge in [0.25, 0.3) is 5.91 Å². The first-order valence-corrected chi connectivity index (χ1v) is 7.43. The van der Waals surface area contributed by atoms with Crippen LogP contribution in [-0.4, -0.2) is 30.2 Å². The first kappa shape index (κ1) is 17.6. The lowest BCUT2D eigenvalue weighted by molar-refractivity contribution is -0.123. The summed E-state index contributed by atoms with van der Waals surface area (Å²) in [5.74, 6) is -1.18. The number of anilines is 1. The Balaban J connectivity index is 2.04. The first-order chi connectivity index (χ1) is 11.4. The van der Waals surface area contributed by atoms with Crippen molar-refractivity contribution in [3.63, 3.8) is 0 Å². The summed E-state index contributed by atoms with van der Waals surface area (Å²) in [6.07, 6.45) is -1.07. The number of aromatic hydroxyl groups is 1. The van der Waals surface area contributed by atoms with Gasteiger partial charge in [-0.15, -0.1) is 0 Å². The molecule has 24 heavy (non-hydrogen) atoms. The van der Waals surface area contributed by atoms with E-state index in [4.69, 9.17) is 21.1 Å². The summed E-state index contributed by atoms with van der Waals surface area (Å²) in [7, 11) is 1.48. The van der Waals surface area contributed by atoms with Gasteiger partial charge in [-0.1, -0.05) is 23.7 Å². The van der Waals surface area contributed by atoms with Crippen molar-refractivity contribution in [2.75, 3.05) is 12.4 Å². The van der Waals surface area contributed by atoms with Gasteiger partial charge in [0.1, 0.15) is 17.1 Å². The Bertz CT molecular complexity index is 762. The molecule has 1 amide bonds. The summed E-state index contributed by atoms with van der Waals surface area (Å²) in [6.45, 7) is 1.43. The summed E-state index contributed by atoms with van der Waals surface area (Å²) in [4.78, 5) is 24.2. The number of benzene rings is 2. The van der Waals surface area contributed by atoms with Gasteiger partial charge in [0, 0.05) is 5.02 Å². The molecule has 2 aromatic carbocycles. The molecule has 0 fully saturated rings. The van der Waals surface area contributed by atoms with E-state index in [0.29, 0.717) is 11.4 Å². The van der Waals surface area contributed by atoms with Crippen LogP contribution in [-0.2, 0) is 9.53 Å². The number of methoxy groups -OCH3 is 1. The van der Waals surface area contributed by atoms with Gasteiger partial charge < -0.3 is 19.9 Å². The van der Waals surface area contributed by atoms with Gasteiger partial charge in [-0.05, 0) is 37.3 Å². The molecule has 0 aliphatic carbocycles. The number of carbonyl (C=O) groups excluding carboxylic acids is 2. The highest BCUT2D eigenvalue weighted by Crippen LogP contribution is 2.25. The second-order valence-corrected chi connectivity index (χ2v) is 5.33. The van der Waals surface area contributed by atoms with Crippen LogP contribution in [0.5, 0.6) is 11.5 Å². The average molecular weight is 350 g/mol. The summed E-state index contributed by atoms with van der Waals surface area (Å²) in [5.41, 5.74) is 0.388. The Morgan fingerprint density at radius 3 is 2.58 bits per heavy atom. The zero-order valence-corrected chi connectivity index (χ0v) is 13.8. The molecule has 126 valence electrons. The number of esters is 1. The quantitative estimate of drug-likeness (QED) is 0.809. The Kier molecular flexibility index (Phi) is 5.65. The largest absolute Gasteiger partial charge is 0.507 e. The number of para-hydroxylation sites is 2. The van der Waals surface area contributed by atoms with E-state index >= 15 is 0 Å². The van der Waals surface area contributed by atoms with Crippen LogP contribution in [0.25, 0.3) is 0 Å². The van der Waals surface area contributed by atoms with Crippen LogP contribution in [0.4, 0.5) is 5.69 Å². The number of phenolic OH excluding ortho intramolecular Hbond substituents is 1. The molecule has 0 spiro atoms. The average Bonchev–Trinajstić information content (AvgIpc) is 2.55. The van der Waals surface area contributed by atoms with E-state index in [0.717, 1.165) is 0 Å². The molecule has 2 rings (SSSR count). The lowest BCUT2D eigenvalue weighted by Crippen LogP contribution is -2.30. The van der Waals surface area contributed by atoms with Crippen molar-refractivity contribution < 1.29 is 24.2 Å². The molecule has 0 unspecified atom stereocenters.